The van der Waals surface area contributed by atoms with Crippen molar-refractivity contribution in [3.05, 3.63) is 491 Å². The molecule has 0 heterocycles. The fraction of sp³-hybridized carbons (Fsp3) is 0.250. The van der Waals surface area contributed by atoms with Crippen molar-refractivity contribution in [2.24, 2.45) is 0 Å². The van der Waals surface area contributed by atoms with Gasteiger partial charge >= 0.3 is 0 Å². The van der Waals surface area contributed by atoms with Crippen molar-refractivity contribution in [3.63, 3.8) is 0 Å². The molecule has 0 saturated heterocycles. The van der Waals surface area contributed by atoms with E-state index in [1.165, 1.54) is 111 Å². The Morgan fingerprint density at radius 2 is 0.220 bits per heavy atom. The van der Waals surface area contributed by atoms with Gasteiger partial charge in [-0.05, 0) is 401 Å². The number of para-hydroxylation sites is 2. The highest BCUT2D eigenvalue weighted by molar-refractivity contribution is 5.89. The third-order valence-corrected chi connectivity index (χ3v) is 29.5. The van der Waals surface area contributed by atoms with E-state index in [-0.39, 0.29) is 43.3 Å². The minimum absolute atomic E-state index is 0.0723. The second-order valence-electron chi connectivity index (χ2n) is 49.2. The molecule has 0 N–H and O–H groups in total. The van der Waals surface area contributed by atoms with Gasteiger partial charge in [0.05, 0.1) is 0 Å². The molecule has 0 fully saturated rings. The Hall–Kier alpha value is -15.2. The first-order valence-electron chi connectivity index (χ1n) is 53.7. The van der Waals surface area contributed by atoms with Crippen molar-refractivity contribution in [1.82, 2.24) is 0 Å². The summed E-state index contributed by atoms with van der Waals surface area (Å²) in [5.41, 5.74) is 46.0. The number of benzene rings is 18. The van der Waals surface area contributed by atoms with Crippen molar-refractivity contribution in [3.8, 4) is 44.5 Å². The molecule has 0 aliphatic rings. The molecule has 150 heavy (non-hydrogen) atoms. The van der Waals surface area contributed by atoms with Crippen LogP contribution in [0.1, 0.15) is 233 Å². The van der Waals surface area contributed by atoms with Crippen molar-refractivity contribution in [1.29, 1.82) is 0 Å². The molecular formula is C144H154N6. The van der Waals surface area contributed by atoms with E-state index in [1.54, 1.807) is 0 Å². The van der Waals surface area contributed by atoms with E-state index in [0.717, 1.165) is 102 Å². The topological polar surface area (TPSA) is 19.4 Å². The number of nitrogens with zero attached hydrogens (tertiary/aromatic N) is 6. The van der Waals surface area contributed by atoms with Crippen molar-refractivity contribution in [2.45, 2.75) is 237 Å². The molecule has 18 aromatic rings. The maximum atomic E-state index is 2.40. The predicted octanol–water partition coefficient (Wildman–Crippen LogP) is 42.5. The average Bonchev–Trinajstić information content (AvgIpc) is 0.759. The summed E-state index contributed by atoms with van der Waals surface area (Å²) in [6.07, 6.45) is 0. The molecule has 0 aliphatic carbocycles. The lowest BCUT2D eigenvalue weighted by molar-refractivity contribution is 0.590. The molecule has 6 nitrogen and oxygen atoms in total. The van der Waals surface area contributed by atoms with E-state index in [4.69, 9.17) is 0 Å². The predicted molar refractivity (Wildman–Crippen MR) is 651 cm³/mol. The van der Waals surface area contributed by atoms with Crippen LogP contribution in [0.25, 0.3) is 44.5 Å². The lowest BCUT2D eigenvalue weighted by Crippen LogP contribution is -2.14. The Morgan fingerprint density at radius 3 is 0.347 bits per heavy atom. The van der Waals surface area contributed by atoms with Gasteiger partial charge in [-0.2, -0.15) is 0 Å². The summed E-state index contributed by atoms with van der Waals surface area (Å²) in [6.45, 7) is 63.5. The number of rotatable bonds is 22. The smallest absolute Gasteiger partial charge is 0.0467 e. The molecule has 0 atom stereocenters. The molecule has 0 saturated carbocycles. The third kappa shape index (κ3) is 24.2. The van der Waals surface area contributed by atoms with Gasteiger partial charge in [-0.15, -0.1) is 0 Å². The van der Waals surface area contributed by atoms with Crippen LogP contribution in [0.2, 0.25) is 0 Å². The van der Waals surface area contributed by atoms with Gasteiger partial charge in [0, 0.05) is 102 Å². The van der Waals surface area contributed by atoms with Crippen LogP contribution in [-0.4, -0.2) is 0 Å². The number of anilines is 18. The quantitative estimate of drug-likeness (QED) is 0.0669. The van der Waals surface area contributed by atoms with Crippen LogP contribution >= 0.6 is 0 Å². The van der Waals surface area contributed by atoms with Gasteiger partial charge in [0.15, 0.2) is 0 Å². The van der Waals surface area contributed by atoms with Crippen molar-refractivity contribution < 1.29 is 0 Å². The van der Waals surface area contributed by atoms with Crippen LogP contribution < -0.4 is 29.4 Å². The van der Waals surface area contributed by atoms with Gasteiger partial charge in [0.1, 0.15) is 0 Å². The number of aryl methyl sites for hydroxylation is 4. The summed E-state index contributed by atoms with van der Waals surface area (Å²) < 4.78 is 0. The summed E-state index contributed by atoms with van der Waals surface area (Å²) in [7, 11) is 0. The second-order valence-corrected chi connectivity index (χ2v) is 49.2. The molecule has 0 radical (unpaired) electrons. The van der Waals surface area contributed by atoms with Gasteiger partial charge in [0.2, 0.25) is 0 Å². The summed E-state index contributed by atoms with van der Waals surface area (Å²) in [4.78, 5) is 14.2. The van der Waals surface area contributed by atoms with E-state index >= 15 is 0 Å². The minimum Gasteiger partial charge on any atom is -0.311 e. The molecular weight excluding hydrogens is 1810 g/mol. The first kappa shape index (κ1) is 106. The zero-order valence-corrected chi connectivity index (χ0v) is 94.1. The highest BCUT2D eigenvalue weighted by Crippen LogP contribution is 2.49. The normalized spacial score (nSPS) is 12.1. The zero-order chi connectivity index (χ0) is 107. The molecule has 18 rings (SSSR count). The minimum atomic E-state index is 0.0723. The Morgan fingerprint density at radius 1 is 0.113 bits per heavy atom. The van der Waals surface area contributed by atoms with E-state index in [2.05, 4.69) is 648 Å². The van der Waals surface area contributed by atoms with Crippen molar-refractivity contribution >= 4 is 102 Å². The van der Waals surface area contributed by atoms with Crippen LogP contribution in [0.15, 0.2) is 425 Å². The van der Waals surface area contributed by atoms with Crippen molar-refractivity contribution in [2.75, 3.05) is 29.4 Å². The average molecular weight is 1970 g/mol. The zero-order valence-electron chi connectivity index (χ0n) is 94.1. The van der Waals surface area contributed by atoms with E-state index in [9.17, 15) is 0 Å². The van der Waals surface area contributed by atoms with Gasteiger partial charge in [0.25, 0.3) is 0 Å². The summed E-state index contributed by atoms with van der Waals surface area (Å²) in [6, 6.07) is 158. The second kappa shape index (κ2) is 42.8. The Kier molecular flexibility index (Phi) is 30.3. The van der Waals surface area contributed by atoms with Crippen LogP contribution in [0.4, 0.5) is 102 Å². The van der Waals surface area contributed by atoms with Crippen LogP contribution in [0.5, 0.6) is 0 Å². The fourth-order valence-electron chi connectivity index (χ4n) is 20.5. The monoisotopic (exact) mass is 1970 g/mol. The number of hydrogen-bond acceptors (Lipinski definition) is 6. The molecule has 0 bridgehead atoms. The molecule has 6 heteroatoms. The van der Waals surface area contributed by atoms with E-state index in [1.807, 2.05) is 0 Å². The van der Waals surface area contributed by atoms with E-state index in [0.29, 0.717) is 0 Å². The summed E-state index contributed by atoms with van der Waals surface area (Å²) >= 11 is 0. The largest absolute Gasteiger partial charge is 0.311 e. The standard InChI is InChI=1S/C74H81N3.C70H73N3/c1-50-46-67(76(63-38-26-56(27-39-63)71(5,6)7)64-40-28-57(29-41-64)72(8,9)10)47-51(2)69(50)54-22-34-61(35-23-54)75(60-20-18-17-19-21-60)62-36-24-55(25-37-62)70-52(3)48-68(49-53(70)4)77(65-42-30-58(31-43-65)73(11,12)13)66-44-32-59(33-45-66)74(14,15)16;1-67(2,3)54-26-42-63(43-27-54)72(64-44-28-55(29-45-64)68(4,5)6)61-38-22-52(23-39-61)50-18-34-59(35-19-50)71(58-16-14-13-15-17-58)60-36-20-51(21-37-60)53-24-40-62(41-25-53)73(65-46-30-56(31-47-65)69(7,8)9)66-48-32-57(33-49-66)70(10,11)12/h17-49H,1-16H3;13-49H,1-12H3. The van der Waals surface area contributed by atoms with Gasteiger partial charge in [-0.3, -0.25) is 0 Å². The van der Waals surface area contributed by atoms with Crippen LogP contribution in [-0.2, 0) is 43.3 Å². The SMILES string of the molecule is CC(C)(C)c1ccc(N(c2ccc(-c3ccc(N(c4ccccc4)c4ccc(-c5ccc(N(c6ccc(C(C)(C)C)cc6)c6ccc(C(C)(C)C)cc6)cc5)cc4)cc3)cc2)c2ccc(C(C)(C)C)cc2)cc1.Cc1cc(N(c2ccc(C(C)(C)C)cc2)c2ccc(C(C)(C)C)cc2)cc(C)c1-c1ccc(N(c2ccccc2)c2ccc(-c3c(C)cc(N(c4ccc(C(C)(C)C)cc4)c4ccc(C(C)(C)C)cc4)cc3C)cc2)cc1. The Balaban J connectivity index is 0.000000204. The molecule has 0 aliphatic heterocycles. The van der Waals surface area contributed by atoms with Gasteiger partial charge in [-0.25, -0.2) is 0 Å². The maximum absolute atomic E-state index is 2.40. The molecule has 0 unspecified atom stereocenters. The first-order chi connectivity index (χ1) is 71.0. The molecule has 0 amide bonds. The first-order valence-corrected chi connectivity index (χ1v) is 53.7. The van der Waals surface area contributed by atoms with Gasteiger partial charge < -0.3 is 29.4 Å². The molecule has 0 aromatic heterocycles. The Bertz CT molecular complexity index is 6910. The highest BCUT2D eigenvalue weighted by Gasteiger charge is 2.29. The third-order valence-electron chi connectivity index (χ3n) is 29.5. The lowest BCUT2D eigenvalue weighted by Gasteiger charge is -2.29. The molecule has 0 spiro atoms. The number of hydrogen-bond donors (Lipinski definition) is 0. The lowest BCUT2D eigenvalue weighted by atomic mass is 9.86. The summed E-state index contributed by atoms with van der Waals surface area (Å²) in [5.74, 6) is 0. The Labute approximate surface area is 898 Å². The van der Waals surface area contributed by atoms with E-state index < -0.39 is 0 Å². The highest BCUT2D eigenvalue weighted by atomic mass is 15.2. The summed E-state index contributed by atoms with van der Waals surface area (Å²) in [5, 5.41) is 0. The molecule has 18 aromatic carbocycles. The van der Waals surface area contributed by atoms with Crippen LogP contribution in [0, 0.1) is 27.7 Å². The van der Waals surface area contributed by atoms with Gasteiger partial charge in [-0.1, -0.05) is 372 Å². The maximum Gasteiger partial charge on any atom is 0.0467 e. The van der Waals surface area contributed by atoms with Crippen LogP contribution in [0.3, 0.4) is 0 Å². The molecule has 760 valence electrons. The fourth-order valence-corrected chi connectivity index (χ4v) is 20.5.